The molecule has 1 aliphatic carbocycles. The van der Waals surface area contributed by atoms with Gasteiger partial charge in [0.05, 0.1) is 11.6 Å². The van der Waals surface area contributed by atoms with Crippen LogP contribution in [0.2, 0.25) is 0 Å². The van der Waals surface area contributed by atoms with Crippen molar-refractivity contribution < 1.29 is 4.74 Å². The first-order valence-electron chi connectivity index (χ1n) is 6.47. The lowest BCUT2D eigenvalue weighted by Gasteiger charge is -2.15. The minimum absolute atomic E-state index is 0.489. The van der Waals surface area contributed by atoms with Crippen LogP contribution in [0.5, 0.6) is 0 Å². The van der Waals surface area contributed by atoms with Gasteiger partial charge in [0, 0.05) is 26.8 Å². The predicted octanol–water partition coefficient (Wildman–Crippen LogP) is 2.46. The van der Waals surface area contributed by atoms with Crippen molar-refractivity contribution in [1.82, 2.24) is 5.32 Å². The second-order valence-electron chi connectivity index (χ2n) is 5.16. The maximum atomic E-state index is 8.72. The molecule has 0 aliphatic heterocycles. The van der Waals surface area contributed by atoms with Crippen LogP contribution in [0, 0.1) is 16.7 Å². The predicted molar refractivity (Wildman–Crippen MR) is 71.0 cm³/mol. The van der Waals surface area contributed by atoms with E-state index in [4.69, 9.17) is 10.00 Å². The minimum Gasteiger partial charge on any atom is -0.385 e. The highest BCUT2D eigenvalue weighted by atomic mass is 16.5. The number of nitriles is 1. The summed E-state index contributed by atoms with van der Waals surface area (Å²) in [7, 11) is 1.76. The maximum absolute atomic E-state index is 8.72. The van der Waals surface area contributed by atoms with E-state index in [1.807, 2.05) is 24.3 Å². The van der Waals surface area contributed by atoms with E-state index in [-0.39, 0.29) is 0 Å². The van der Waals surface area contributed by atoms with Crippen LogP contribution in [0.1, 0.15) is 30.4 Å². The number of benzene rings is 1. The Morgan fingerprint density at radius 2 is 2.06 bits per heavy atom. The van der Waals surface area contributed by atoms with Gasteiger partial charge in [0.2, 0.25) is 0 Å². The molecule has 1 aliphatic rings. The highest BCUT2D eigenvalue weighted by molar-refractivity contribution is 5.31. The van der Waals surface area contributed by atoms with E-state index in [0.29, 0.717) is 5.41 Å². The summed E-state index contributed by atoms with van der Waals surface area (Å²) >= 11 is 0. The molecule has 2 rings (SSSR count). The smallest absolute Gasteiger partial charge is 0.0991 e. The molecule has 3 nitrogen and oxygen atoms in total. The summed E-state index contributed by atoms with van der Waals surface area (Å²) in [4.78, 5) is 0. The van der Waals surface area contributed by atoms with Gasteiger partial charge in [0.15, 0.2) is 0 Å². The fourth-order valence-electron chi connectivity index (χ4n) is 2.18. The molecule has 0 atom stereocenters. The molecule has 1 aromatic rings. The summed E-state index contributed by atoms with van der Waals surface area (Å²) in [5.74, 6) is 0. The van der Waals surface area contributed by atoms with Crippen LogP contribution in [-0.2, 0) is 11.3 Å². The first kappa shape index (κ1) is 13.1. The third-order valence-corrected chi connectivity index (χ3v) is 3.71. The van der Waals surface area contributed by atoms with Crippen LogP contribution >= 0.6 is 0 Å². The van der Waals surface area contributed by atoms with E-state index in [1.54, 1.807) is 7.11 Å². The van der Waals surface area contributed by atoms with Crippen LogP contribution in [0.3, 0.4) is 0 Å². The fraction of sp³-hybridized carbons (Fsp3) is 0.533. The first-order chi connectivity index (χ1) is 8.78. The molecule has 96 valence electrons. The second kappa shape index (κ2) is 5.99. The number of nitrogens with one attached hydrogen (secondary N) is 1. The molecule has 18 heavy (non-hydrogen) atoms. The number of methoxy groups -OCH3 is 1. The van der Waals surface area contributed by atoms with Crippen LogP contribution < -0.4 is 5.32 Å². The summed E-state index contributed by atoms with van der Waals surface area (Å²) < 4.78 is 5.15. The van der Waals surface area contributed by atoms with Crippen molar-refractivity contribution in [1.29, 1.82) is 5.26 Å². The Morgan fingerprint density at radius 3 is 2.61 bits per heavy atom. The van der Waals surface area contributed by atoms with E-state index in [2.05, 4.69) is 11.4 Å². The fourth-order valence-corrected chi connectivity index (χ4v) is 2.18. The summed E-state index contributed by atoms with van der Waals surface area (Å²) in [6.45, 7) is 2.80. The highest BCUT2D eigenvalue weighted by Crippen LogP contribution is 2.48. The number of hydrogen-bond donors (Lipinski definition) is 1. The van der Waals surface area contributed by atoms with Crippen molar-refractivity contribution in [3.63, 3.8) is 0 Å². The van der Waals surface area contributed by atoms with Crippen molar-refractivity contribution in [2.24, 2.45) is 5.41 Å². The van der Waals surface area contributed by atoms with E-state index in [9.17, 15) is 0 Å². The topological polar surface area (TPSA) is 45.0 Å². The molecule has 0 aromatic heterocycles. The molecular weight excluding hydrogens is 224 g/mol. The van der Waals surface area contributed by atoms with Gasteiger partial charge in [-0.15, -0.1) is 0 Å². The van der Waals surface area contributed by atoms with Gasteiger partial charge >= 0.3 is 0 Å². The molecule has 3 heteroatoms. The number of ether oxygens (including phenoxy) is 1. The molecule has 0 radical (unpaired) electrons. The Labute approximate surface area is 109 Å². The van der Waals surface area contributed by atoms with Gasteiger partial charge < -0.3 is 10.1 Å². The molecule has 1 fully saturated rings. The zero-order valence-corrected chi connectivity index (χ0v) is 10.9. The number of rotatable bonds is 7. The Bertz CT molecular complexity index is 415. The molecule has 0 bridgehead atoms. The maximum Gasteiger partial charge on any atom is 0.0991 e. The van der Waals surface area contributed by atoms with Crippen molar-refractivity contribution >= 4 is 0 Å². The third-order valence-electron chi connectivity index (χ3n) is 3.71. The van der Waals surface area contributed by atoms with Gasteiger partial charge in [-0.2, -0.15) is 5.26 Å². The standard InChI is InChI=1S/C15H20N2O/c1-18-9-8-15(6-7-15)12-17-11-14-4-2-13(10-16)3-5-14/h2-5,17H,6-9,11-12H2,1H3. The van der Waals surface area contributed by atoms with Crippen molar-refractivity contribution in [2.75, 3.05) is 20.3 Å². The summed E-state index contributed by atoms with van der Waals surface area (Å²) in [6.07, 6.45) is 3.79. The van der Waals surface area contributed by atoms with E-state index in [1.165, 1.54) is 18.4 Å². The monoisotopic (exact) mass is 244 g/mol. The van der Waals surface area contributed by atoms with Gasteiger partial charge in [-0.3, -0.25) is 0 Å². The number of nitrogens with zero attached hydrogens (tertiary/aromatic N) is 1. The van der Waals surface area contributed by atoms with Gasteiger partial charge in [0.25, 0.3) is 0 Å². The molecule has 0 heterocycles. The zero-order chi connectivity index (χ0) is 12.8. The molecule has 0 spiro atoms. The SMILES string of the molecule is COCCC1(CNCc2ccc(C#N)cc2)CC1. The lowest BCUT2D eigenvalue weighted by Crippen LogP contribution is -2.24. The number of hydrogen-bond acceptors (Lipinski definition) is 3. The average molecular weight is 244 g/mol. The Kier molecular flexibility index (Phi) is 4.35. The van der Waals surface area contributed by atoms with E-state index < -0.39 is 0 Å². The highest BCUT2D eigenvalue weighted by Gasteiger charge is 2.41. The lowest BCUT2D eigenvalue weighted by molar-refractivity contribution is 0.171. The third kappa shape index (κ3) is 3.56. The van der Waals surface area contributed by atoms with Gasteiger partial charge in [0.1, 0.15) is 0 Å². The molecule has 1 N–H and O–H groups in total. The Morgan fingerprint density at radius 1 is 1.33 bits per heavy atom. The largest absolute Gasteiger partial charge is 0.385 e. The van der Waals surface area contributed by atoms with Crippen LogP contribution in [0.25, 0.3) is 0 Å². The quantitative estimate of drug-likeness (QED) is 0.801. The van der Waals surface area contributed by atoms with Crippen molar-refractivity contribution in [3.05, 3.63) is 35.4 Å². The summed E-state index contributed by atoms with van der Waals surface area (Å²) in [5, 5.41) is 12.2. The van der Waals surface area contributed by atoms with Crippen LogP contribution in [-0.4, -0.2) is 20.3 Å². The van der Waals surface area contributed by atoms with Crippen molar-refractivity contribution in [2.45, 2.75) is 25.8 Å². The lowest BCUT2D eigenvalue weighted by atomic mass is 10.0. The Balaban J connectivity index is 1.73. The van der Waals surface area contributed by atoms with Gasteiger partial charge in [-0.25, -0.2) is 0 Å². The van der Waals surface area contributed by atoms with E-state index >= 15 is 0 Å². The first-order valence-corrected chi connectivity index (χ1v) is 6.47. The van der Waals surface area contributed by atoms with Crippen LogP contribution in [0.4, 0.5) is 0 Å². The molecule has 0 unspecified atom stereocenters. The van der Waals surface area contributed by atoms with Crippen LogP contribution in [0.15, 0.2) is 24.3 Å². The van der Waals surface area contributed by atoms with Gasteiger partial charge in [-0.1, -0.05) is 12.1 Å². The molecular formula is C15H20N2O. The molecule has 0 amide bonds. The minimum atomic E-state index is 0.489. The molecule has 0 saturated heterocycles. The average Bonchev–Trinajstić information content (AvgIpc) is 3.18. The molecule has 1 aromatic carbocycles. The van der Waals surface area contributed by atoms with E-state index in [0.717, 1.165) is 31.7 Å². The van der Waals surface area contributed by atoms with Gasteiger partial charge in [-0.05, 0) is 42.4 Å². The molecule has 1 saturated carbocycles. The summed E-state index contributed by atoms with van der Waals surface area (Å²) in [6, 6.07) is 9.90. The summed E-state index contributed by atoms with van der Waals surface area (Å²) in [5.41, 5.74) is 2.44. The zero-order valence-electron chi connectivity index (χ0n) is 10.9. The Hall–Kier alpha value is -1.37. The normalized spacial score (nSPS) is 16.2. The second-order valence-corrected chi connectivity index (χ2v) is 5.16. The van der Waals surface area contributed by atoms with Crippen molar-refractivity contribution in [3.8, 4) is 6.07 Å².